The average Bonchev–Trinajstić information content (AvgIpc) is 2.65. The number of esters is 2. The number of anilines is 1. The first-order valence-electron chi connectivity index (χ1n) is 7.35. The fourth-order valence-corrected chi connectivity index (χ4v) is 2.46. The molecule has 2 rings (SSSR count). The number of rotatable bonds is 4. The van der Waals surface area contributed by atoms with Crippen LogP contribution in [0.5, 0.6) is 0 Å². The van der Waals surface area contributed by atoms with Crippen molar-refractivity contribution < 1.29 is 45.8 Å². The Labute approximate surface area is 150 Å². The summed E-state index contributed by atoms with van der Waals surface area (Å²) < 4.78 is 80.7. The Hall–Kier alpha value is -2.69. The number of halogens is 5. The summed E-state index contributed by atoms with van der Waals surface area (Å²) >= 11 is 0. The quantitative estimate of drug-likeness (QED) is 0.577. The van der Waals surface area contributed by atoms with Crippen molar-refractivity contribution in [1.82, 2.24) is 0 Å². The second-order valence-corrected chi connectivity index (χ2v) is 5.31. The fourth-order valence-electron chi connectivity index (χ4n) is 2.46. The van der Waals surface area contributed by atoms with E-state index in [9.17, 15) is 31.5 Å². The zero-order valence-electron chi connectivity index (χ0n) is 14.1. The molecule has 1 heterocycles. The smallest absolute Gasteiger partial charge is 0.458 e. The van der Waals surface area contributed by atoms with Crippen LogP contribution in [0.1, 0.15) is 5.56 Å². The summed E-state index contributed by atoms with van der Waals surface area (Å²) in [5, 5.41) is 0. The molecule has 27 heavy (non-hydrogen) atoms. The second kappa shape index (κ2) is 7.51. The van der Waals surface area contributed by atoms with Crippen molar-refractivity contribution in [1.29, 1.82) is 0 Å². The number of para-hydroxylation sites is 1. The van der Waals surface area contributed by atoms with Crippen LogP contribution in [0.2, 0.25) is 0 Å². The number of benzene rings is 1. The molecular formula is C16H14F5NO5. The van der Waals surface area contributed by atoms with Crippen molar-refractivity contribution in [2.75, 3.05) is 32.5 Å². The first kappa shape index (κ1) is 20.6. The van der Waals surface area contributed by atoms with Crippen LogP contribution in [0.4, 0.5) is 27.6 Å². The summed E-state index contributed by atoms with van der Waals surface area (Å²) in [5.41, 5.74) is -2.99. The fraction of sp³-hybridized carbons (Fsp3) is 0.375. The van der Waals surface area contributed by atoms with Crippen LogP contribution >= 0.6 is 0 Å². The molecule has 0 saturated heterocycles. The molecule has 0 unspecified atom stereocenters. The summed E-state index contributed by atoms with van der Waals surface area (Å²) in [4.78, 5) is 24.8. The molecule has 0 aromatic heterocycles. The summed E-state index contributed by atoms with van der Waals surface area (Å²) in [6.07, 6.45) is -5.87. The van der Waals surface area contributed by atoms with Gasteiger partial charge < -0.3 is 19.1 Å². The van der Waals surface area contributed by atoms with Crippen LogP contribution in [0.3, 0.4) is 0 Å². The lowest BCUT2D eigenvalue weighted by atomic mass is 10.0. The molecule has 0 aliphatic carbocycles. The summed E-state index contributed by atoms with van der Waals surface area (Å²) in [6, 6.07) is 3.71. The van der Waals surface area contributed by atoms with E-state index in [0.717, 1.165) is 31.3 Å². The Bertz CT molecular complexity index is 775. The molecule has 1 aliphatic rings. The van der Waals surface area contributed by atoms with Gasteiger partial charge in [-0.3, -0.25) is 0 Å². The maximum Gasteiger partial charge on any atom is 0.458 e. The molecule has 1 aliphatic heterocycles. The molecule has 0 bridgehead atoms. The molecule has 148 valence electrons. The predicted molar refractivity (Wildman–Crippen MR) is 80.7 cm³/mol. The van der Waals surface area contributed by atoms with Gasteiger partial charge >= 0.3 is 24.0 Å². The molecule has 1 aromatic carbocycles. The van der Waals surface area contributed by atoms with Gasteiger partial charge in [0.2, 0.25) is 0 Å². The molecule has 1 aromatic rings. The largest absolute Gasteiger partial charge is 0.466 e. The van der Waals surface area contributed by atoms with Gasteiger partial charge in [-0.25, -0.2) is 9.59 Å². The van der Waals surface area contributed by atoms with E-state index in [1.165, 1.54) is 6.07 Å². The highest BCUT2D eigenvalue weighted by atomic mass is 19.4. The molecule has 0 atom stereocenters. The lowest BCUT2D eigenvalue weighted by Gasteiger charge is -2.34. The average molecular weight is 395 g/mol. The molecule has 6 nitrogen and oxygen atoms in total. The van der Waals surface area contributed by atoms with Gasteiger partial charge in [-0.05, 0) is 6.07 Å². The Morgan fingerprint density at radius 2 is 1.63 bits per heavy atom. The van der Waals surface area contributed by atoms with Crippen LogP contribution < -0.4 is 4.90 Å². The van der Waals surface area contributed by atoms with E-state index in [0.29, 0.717) is 6.07 Å². The highest BCUT2D eigenvalue weighted by Gasteiger charge is 2.60. The maximum absolute atomic E-state index is 14.0. The minimum atomic E-state index is -5.87. The molecule has 0 spiro atoms. The van der Waals surface area contributed by atoms with Gasteiger partial charge in [0.05, 0.1) is 37.7 Å². The van der Waals surface area contributed by atoms with Crippen LogP contribution in [0, 0.1) is 0 Å². The minimum Gasteiger partial charge on any atom is -0.466 e. The lowest BCUT2D eigenvalue weighted by Crippen LogP contribution is -2.41. The van der Waals surface area contributed by atoms with Crippen molar-refractivity contribution in [3.8, 4) is 0 Å². The molecule has 0 N–H and O–H groups in total. The zero-order chi connectivity index (χ0) is 20.4. The Morgan fingerprint density at radius 3 is 2.19 bits per heavy atom. The zero-order valence-corrected chi connectivity index (χ0v) is 14.1. The Balaban J connectivity index is 2.70. The topological polar surface area (TPSA) is 65.1 Å². The number of hydrogen-bond acceptors (Lipinski definition) is 6. The number of alkyl halides is 5. The normalized spacial score (nSPS) is 15.6. The van der Waals surface area contributed by atoms with E-state index < -0.39 is 54.3 Å². The lowest BCUT2D eigenvalue weighted by molar-refractivity contribution is -0.289. The van der Waals surface area contributed by atoms with Crippen LogP contribution in [0.25, 0.3) is 0 Å². The van der Waals surface area contributed by atoms with Gasteiger partial charge in [-0.2, -0.15) is 22.0 Å². The number of carbonyl (C=O) groups excluding carboxylic acids is 2. The maximum atomic E-state index is 14.0. The third-order valence-electron chi connectivity index (χ3n) is 3.72. The first-order chi connectivity index (χ1) is 12.6. The highest BCUT2D eigenvalue weighted by molar-refractivity contribution is 6.03. The van der Waals surface area contributed by atoms with E-state index in [1.807, 2.05) is 0 Å². The summed E-state index contributed by atoms with van der Waals surface area (Å²) in [5.74, 6) is -7.35. The van der Waals surface area contributed by atoms with Crippen LogP contribution in [-0.2, 0) is 29.7 Å². The predicted octanol–water partition coefficient (Wildman–Crippen LogP) is 2.73. The van der Waals surface area contributed by atoms with Gasteiger partial charge in [0.1, 0.15) is 12.4 Å². The van der Waals surface area contributed by atoms with E-state index in [4.69, 9.17) is 4.74 Å². The number of hydrogen-bond donors (Lipinski definition) is 0. The molecular weight excluding hydrogens is 381 g/mol. The van der Waals surface area contributed by atoms with Crippen LogP contribution in [-0.4, -0.2) is 45.7 Å². The van der Waals surface area contributed by atoms with Crippen molar-refractivity contribution in [3.63, 3.8) is 0 Å². The van der Waals surface area contributed by atoms with E-state index >= 15 is 0 Å². The summed E-state index contributed by atoms with van der Waals surface area (Å²) in [7, 11) is 1.98. The second-order valence-electron chi connectivity index (χ2n) is 5.31. The van der Waals surface area contributed by atoms with Gasteiger partial charge in [0.15, 0.2) is 0 Å². The van der Waals surface area contributed by atoms with Gasteiger partial charge in [0, 0.05) is 0 Å². The Morgan fingerprint density at radius 1 is 1.04 bits per heavy atom. The monoisotopic (exact) mass is 395 g/mol. The standard InChI is InChI=1S/C16H14F5NO5/c1-25-13(23)9-7-27-8-22(12(9)14(24)26-2)11-6-4-3-5-10(11)15(17,18)16(19,20)21/h3-6H,7-8H2,1-2H3. The van der Waals surface area contributed by atoms with Gasteiger partial charge in [-0.1, -0.05) is 18.2 Å². The molecule has 0 amide bonds. The van der Waals surface area contributed by atoms with Gasteiger partial charge in [0.25, 0.3) is 0 Å². The van der Waals surface area contributed by atoms with Crippen molar-refractivity contribution >= 4 is 17.6 Å². The third kappa shape index (κ3) is 3.72. The number of methoxy groups -OCH3 is 2. The van der Waals surface area contributed by atoms with Crippen molar-refractivity contribution in [2.24, 2.45) is 0 Å². The Kier molecular flexibility index (Phi) is 5.73. The molecule has 0 fully saturated rings. The van der Waals surface area contributed by atoms with Crippen molar-refractivity contribution in [2.45, 2.75) is 12.1 Å². The SMILES string of the molecule is COC(=O)C1=C(C(=O)OC)N(c2ccccc2C(F)(F)C(F)(F)F)COC1. The van der Waals surface area contributed by atoms with E-state index in [2.05, 4.69) is 9.47 Å². The number of carbonyl (C=O) groups is 2. The van der Waals surface area contributed by atoms with Gasteiger partial charge in [-0.15, -0.1) is 0 Å². The molecule has 11 heteroatoms. The molecule has 0 radical (unpaired) electrons. The number of nitrogens with zero attached hydrogens (tertiary/aromatic N) is 1. The minimum absolute atomic E-state index is 0.374. The number of ether oxygens (including phenoxy) is 3. The highest BCUT2D eigenvalue weighted by Crippen LogP contribution is 2.47. The van der Waals surface area contributed by atoms with Crippen LogP contribution in [0.15, 0.2) is 35.5 Å². The van der Waals surface area contributed by atoms with E-state index in [1.54, 1.807) is 0 Å². The van der Waals surface area contributed by atoms with E-state index in [-0.39, 0.29) is 5.57 Å². The van der Waals surface area contributed by atoms with Crippen molar-refractivity contribution in [3.05, 3.63) is 41.1 Å². The third-order valence-corrected chi connectivity index (χ3v) is 3.72. The first-order valence-corrected chi connectivity index (χ1v) is 7.35. The summed E-state index contributed by atoms with van der Waals surface area (Å²) in [6.45, 7) is -0.971. The molecule has 0 saturated carbocycles.